The smallest absolute Gasteiger partial charge is 0.191 e. The molecule has 0 spiro atoms. The molecule has 1 atom stereocenters. The largest absolute Gasteiger partial charge is 0.493 e. The average molecular weight is 426 g/mol. The third-order valence-corrected chi connectivity index (χ3v) is 6.13. The summed E-state index contributed by atoms with van der Waals surface area (Å²) in [6, 6.07) is 13.7. The second-order valence-electron chi connectivity index (χ2n) is 8.00. The van der Waals surface area contributed by atoms with Crippen molar-refractivity contribution in [3.63, 3.8) is 0 Å². The number of hydrogen-bond acceptors (Lipinski definition) is 4. The zero-order valence-electron chi connectivity index (χ0n) is 18.4. The fourth-order valence-corrected chi connectivity index (χ4v) is 4.26. The Labute approximate surface area is 184 Å². The van der Waals surface area contributed by atoms with Gasteiger partial charge in [-0.2, -0.15) is 0 Å². The molecule has 31 heavy (non-hydrogen) atoms. The highest BCUT2D eigenvalue weighted by molar-refractivity contribution is 5.80. The van der Waals surface area contributed by atoms with E-state index in [0.29, 0.717) is 24.8 Å². The van der Waals surface area contributed by atoms with Crippen molar-refractivity contribution in [2.75, 3.05) is 51.3 Å². The van der Waals surface area contributed by atoms with Crippen molar-refractivity contribution in [1.29, 1.82) is 0 Å². The van der Waals surface area contributed by atoms with Crippen LogP contribution in [0.1, 0.15) is 30.5 Å². The van der Waals surface area contributed by atoms with Crippen molar-refractivity contribution in [3.8, 4) is 5.75 Å². The Balaban J connectivity index is 1.35. The zero-order chi connectivity index (χ0) is 21.6. The average Bonchev–Trinajstić information content (AvgIpc) is 2.82. The SMILES string of the molecule is CCN1CCN(c2ccc(CNC(=NC)NC3CCOc4ccccc43)cc2F)CC1. The van der Waals surface area contributed by atoms with Crippen LogP contribution in [0.2, 0.25) is 0 Å². The number of halogens is 1. The molecule has 0 saturated carbocycles. The summed E-state index contributed by atoms with van der Waals surface area (Å²) < 4.78 is 20.6. The molecule has 166 valence electrons. The molecule has 1 unspecified atom stereocenters. The van der Waals surface area contributed by atoms with Gasteiger partial charge in [0.15, 0.2) is 5.96 Å². The fourth-order valence-electron chi connectivity index (χ4n) is 4.26. The van der Waals surface area contributed by atoms with Crippen molar-refractivity contribution >= 4 is 11.6 Å². The summed E-state index contributed by atoms with van der Waals surface area (Å²) >= 11 is 0. The number of nitrogens with one attached hydrogen (secondary N) is 2. The van der Waals surface area contributed by atoms with Crippen LogP contribution >= 0.6 is 0 Å². The summed E-state index contributed by atoms with van der Waals surface area (Å²) in [5.41, 5.74) is 2.72. The molecule has 2 aromatic carbocycles. The Morgan fingerprint density at radius 2 is 1.97 bits per heavy atom. The maximum atomic E-state index is 14.8. The van der Waals surface area contributed by atoms with E-state index in [9.17, 15) is 4.39 Å². The number of aliphatic imine (C=N–C) groups is 1. The third kappa shape index (κ3) is 5.10. The Morgan fingerprint density at radius 3 is 2.71 bits per heavy atom. The molecule has 0 bridgehead atoms. The fraction of sp³-hybridized carbons (Fsp3) is 0.458. The molecule has 2 heterocycles. The first-order valence-corrected chi connectivity index (χ1v) is 11.1. The number of benzene rings is 2. The van der Waals surface area contributed by atoms with Crippen molar-refractivity contribution in [2.24, 2.45) is 4.99 Å². The molecule has 6 nitrogen and oxygen atoms in total. The first-order chi connectivity index (χ1) is 15.2. The zero-order valence-corrected chi connectivity index (χ0v) is 18.4. The minimum absolute atomic E-state index is 0.136. The molecular formula is C24H32FN5O. The van der Waals surface area contributed by atoms with Gasteiger partial charge in [0.25, 0.3) is 0 Å². The first-order valence-electron chi connectivity index (χ1n) is 11.1. The number of nitrogens with zero attached hydrogens (tertiary/aromatic N) is 3. The second-order valence-corrected chi connectivity index (χ2v) is 8.00. The highest BCUT2D eigenvalue weighted by Gasteiger charge is 2.22. The molecule has 0 aromatic heterocycles. The number of likely N-dealkylation sites (N-methyl/N-ethyl adjacent to an activating group) is 1. The van der Waals surface area contributed by atoms with Gasteiger partial charge in [-0.25, -0.2) is 4.39 Å². The van der Waals surface area contributed by atoms with E-state index < -0.39 is 0 Å². The Bertz CT molecular complexity index is 911. The van der Waals surface area contributed by atoms with Crippen molar-refractivity contribution in [2.45, 2.75) is 25.9 Å². The van der Waals surface area contributed by atoms with Gasteiger partial charge in [0.2, 0.25) is 0 Å². The molecular weight excluding hydrogens is 393 g/mol. The minimum Gasteiger partial charge on any atom is -0.493 e. The summed E-state index contributed by atoms with van der Waals surface area (Å²) in [6.07, 6.45) is 0.867. The molecule has 1 saturated heterocycles. The van der Waals surface area contributed by atoms with Crippen LogP contribution in [0.5, 0.6) is 5.75 Å². The Morgan fingerprint density at radius 1 is 1.16 bits per heavy atom. The van der Waals surface area contributed by atoms with E-state index in [0.717, 1.165) is 56.0 Å². The lowest BCUT2D eigenvalue weighted by molar-refractivity contribution is 0.261. The van der Waals surface area contributed by atoms with Crippen LogP contribution in [0, 0.1) is 5.82 Å². The standard InChI is InChI=1S/C24H32FN5O/c1-3-29-11-13-30(14-12-29)22-9-8-18(16-20(22)25)17-27-24(26-2)28-21-10-15-31-23-7-5-4-6-19(21)23/h4-9,16,21H,3,10-15,17H2,1-2H3,(H2,26,27,28). The maximum Gasteiger partial charge on any atom is 0.191 e. The van der Waals surface area contributed by atoms with E-state index in [1.807, 2.05) is 30.3 Å². The lowest BCUT2D eigenvalue weighted by Crippen LogP contribution is -2.46. The van der Waals surface area contributed by atoms with Crippen LogP contribution in [0.15, 0.2) is 47.5 Å². The van der Waals surface area contributed by atoms with E-state index in [2.05, 4.69) is 38.4 Å². The van der Waals surface area contributed by atoms with Gasteiger partial charge < -0.3 is 25.2 Å². The van der Waals surface area contributed by atoms with Gasteiger partial charge in [-0.3, -0.25) is 4.99 Å². The lowest BCUT2D eigenvalue weighted by atomic mass is 10.0. The maximum absolute atomic E-state index is 14.8. The van der Waals surface area contributed by atoms with Crippen LogP contribution in [0.25, 0.3) is 0 Å². The minimum atomic E-state index is -0.162. The quantitative estimate of drug-likeness (QED) is 0.569. The van der Waals surface area contributed by atoms with Gasteiger partial charge in [-0.1, -0.05) is 31.2 Å². The van der Waals surface area contributed by atoms with E-state index >= 15 is 0 Å². The molecule has 4 rings (SSSR count). The van der Waals surface area contributed by atoms with Gasteiger partial charge in [-0.15, -0.1) is 0 Å². The monoisotopic (exact) mass is 425 g/mol. The molecule has 1 fully saturated rings. The van der Waals surface area contributed by atoms with Crippen molar-refractivity contribution in [3.05, 3.63) is 59.4 Å². The third-order valence-electron chi connectivity index (χ3n) is 6.13. The number of hydrogen-bond donors (Lipinski definition) is 2. The highest BCUT2D eigenvalue weighted by Crippen LogP contribution is 2.31. The number of para-hydroxylation sites is 1. The Hall–Kier alpha value is -2.80. The van der Waals surface area contributed by atoms with E-state index in [1.54, 1.807) is 13.1 Å². The number of piperazine rings is 1. The summed E-state index contributed by atoms with van der Waals surface area (Å²) in [7, 11) is 1.75. The molecule has 2 aliphatic heterocycles. The number of guanidine groups is 1. The second kappa shape index (κ2) is 10.0. The topological polar surface area (TPSA) is 52.1 Å². The van der Waals surface area contributed by atoms with Crippen LogP contribution in [0.3, 0.4) is 0 Å². The molecule has 2 aliphatic rings. The first kappa shape index (κ1) is 21.4. The van der Waals surface area contributed by atoms with E-state index in [1.165, 1.54) is 0 Å². The van der Waals surface area contributed by atoms with Gasteiger partial charge in [0.05, 0.1) is 18.3 Å². The predicted molar refractivity (Wildman–Crippen MR) is 123 cm³/mol. The van der Waals surface area contributed by atoms with Crippen LogP contribution in [-0.2, 0) is 6.54 Å². The van der Waals surface area contributed by atoms with Crippen molar-refractivity contribution < 1.29 is 9.13 Å². The van der Waals surface area contributed by atoms with Crippen LogP contribution < -0.4 is 20.3 Å². The Kier molecular flexibility index (Phi) is 6.92. The molecule has 0 amide bonds. The molecule has 7 heteroatoms. The summed E-state index contributed by atoms with van der Waals surface area (Å²) in [5, 5.41) is 6.79. The molecule has 2 N–H and O–H groups in total. The number of ether oxygens (including phenoxy) is 1. The normalized spacial score (nSPS) is 19.5. The number of rotatable bonds is 5. The van der Waals surface area contributed by atoms with Gasteiger partial charge in [-0.05, 0) is 30.3 Å². The van der Waals surface area contributed by atoms with Gasteiger partial charge in [0, 0.05) is 51.8 Å². The van der Waals surface area contributed by atoms with Gasteiger partial charge in [0.1, 0.15) is 11.6 Å². The van der Waals surface area contributed by atoms with E-state index in [4.69, 9.17) is 4.74 Å². The molecule has 0 radical (unpaired) electrons. The molecule has 0 aliphatic carbocycles. The molecule has 2 aromatic rings. The van der Waals surface area contributed by atoms with Crippen LogP contribution in [-0.4, -0.2) is 57.2 Å². The summed E-state index contributed by atoms with van der Waals surface area (Å²) in [6.45, 7) is 8.09. The predicted octanol–water partition coefficient (Wildman–Crippen LogP) is 3.16. The lowest BCUT2D eigenvalue weighted by Gasteiger charge is -2.35. The van der Waals surface area contributed by atoms with Crippen LogP contribution in [0.4, 0.5) is 10.1 Å². The number of anilines is 1. The van der Waals surface area contributed by atoms with E-state index in [-0.39, 0.29) is 11.9 Å². The van der Waals surface area contributed by atoms with Crippen molar-refractivity contribution in [1.82, 2.24) is 15.5 Å². The summed E-state index contributed by atoms with van der Waals surface area (Å²) in [4.78, 5) is 8.88. The summed E-state index contributed by atoms with van der Waals surface area (Å²) in [5.74, 6) is 1.45. The highest BCUT2D eigenvalue weighted by atomic mass is 19.1. The van der Waals surface area contributed by atoms with Gasteiger partial charge >= 0.3 is 0 Å². The number of fused-ring (bicyclic) bond motifs is 1.